The van der Waals surface area contributed by atoms with Crippen LogP contribution in [-0.2, 0) is 46.5 Å². The molecule has 2 aliphatic rings. The summed E-state index contributed by atoms with van der Waals surface area (Å²) in [6.45, 7) is 0.631. The van der Waals surface area contributed by atoms with Crippen molar-refractivity contribution in [1.29, 1.82) is 0 Å². The lowest BCUT2D eigenvalue weighted by molar-refractivity contribution is -0.323. The van der Waals surface area contributed by atoms with E-state index < -0.39 is 79.3 Å². The summed E-state index contributed by atoms with van der Waals surface area (Å²) < 4.78 is 46.8. The molecule has 0 bridgehead atoms. The largest absolute Gasteiger partial charge is 0.481 e. The van der Waals surface area contributed by atoms with E-state index in [9.17, 15) is 25.8 Å². The van der Waals surface area contributed by atoms with E-state index in [2.05, 4.69) is 30.1 Å². The number of hydrogen-bond acceptors (Lipinski definition) is 10. The Morgan fingerprint density at radius 2 is 1.46 bits per heavy atom. The van der Waals surface area contributed by atoms with Crippen molar-refractivity contribution in [2.24, 2.45) is 21.3 Å². The Labute approximate surface area is 273 Å². The molecule has 1 saturated heterocycles. The van der Waals surface area contributed by atoms with Crippen LogP contribution in [0.5, 0.6) is 0 Å². The van der Waals surface area contributed by atoms with Gasteiger partial charge in [0.1, 0.15) is 24.4 Å². The Morgan fingerprint density at radius 1 is 0.875 bits per heavy atom. The number of carbonyl (C=O) groups is 2. The van der Waals surface area contributed by atoms with Gasteiger partial charge in [-0.25, -0.2) is 4.39 Å². The molecule has 0 aromatic heterocycles. The highest BCUT2D eigenvalue weighted by Gasteiger charge is 2.53. The summed E-state index contributed by atoms with van der Waals surface area (Å²) in [5.41, 5.74) is 29.1. The van der Waals surface area contributed by atoms with Crippen LogP contribution in [0, 0.1) is 5.92 Å². The van der Waals surface area contributed by atoms with Crippen molar-refractivity contribution in [3.05, 3.63) is 103 Å². The number of hydrogen-bond donors (Lipinski definition) is 1. The number of esters is 1. The average Bonchev–Trinajstić information content (AvgIpc) is 3.07. The fourth-order valence-electron chi connectivity index (χ4n) is 5.88. The second kappa shape index (κ2) is 17.8. The summed E-state index contributed by atoms with van der Waals surface area (Å²) in [7, 11) is 0. The Kier molecular flexibility index (Phi) is 13.4. The van der Waals surface area contributed by atoms with Gasteiger partial charge < -0.3 is 28.8 Å². The summed E-state index contributed by atoms with van der Waals surface area (Å²) in [4.78, 5) is 32.6. The van der Waals surface area contributed by atoms with E-state index in [1.165, 1.54) is 0 Å². The third kappa shape index (κ3) is 9.56. The Bertz CT molecular complexity index is 1520. The van der Waals surface area contributed by atoms with Gasteiger partial charge in [0.2, 0.25) is 0 Å². The molecule has 2 aromatic rings. The van der Waals surface area contributed by atoms with Crippen LogP contribution in [0.25, 0.3) is 31.3 Å². The molecule has 0 unspecified atom stereocenters. The second-order valence-electron chi connectivity index (χ2n) is 11.1. The summed E-state index contributed by atoms with van der Waals surface area (Å²) >= 11 is 0. The summed E-state index contributed by atoms with van der Waals surface area (Å²) in [5, 5.41) is 20.7. The molecular weight excluding hydrogens is 633 g/mol. The van der Waals surface area contributed by atoms with E-state index in [-0.39, 0.29) is 26.2 Å². The van der Waals surface area contributed by atoms with E-state index in [1.807, 2.05) is 6.07 Å². The second-order valence-corrected chi connectivity index (χ2v) is 11.1. The fraction of sp³-hybridized carbons (Fsp3) is 0.533. The number of ether oxygens (including phenoxy) is 5. The van der Waals surface area contributed by atoms with Crippen molar-refractivity contribution in [3.63, 3.8) is 0 Å². The van der Waals surface area contributed by atoms with Crippen molar-refractivity contribution in [2.75, 3.05) is 6.54 Å². The molecule has 2 aromatic carbocycles. The number of rotatable bonds is 15. The van der Waals surface area contributed by atoms with Crippen molar-refractivity contribution in [3.8, 4) is 0 Å². The van der Waals surface area contributed by atoms with Gasteiger partial charge in [-0.3, -0.25) is 9.59 Å². The fourth-order valence-corrected chi connectivity index (χ4v) is 5.88. The van der Waals surface area contributed by atoms with Crippen LogP contribution in [0.1, 0.15) is 30.9 Å². The van der Waals surface area contributed by atoms with E-state index in [4.69, 9.17) is 29.2 Å². The molecule has 0 radical (unpaired) electrons. The van der Waals surface area contributed by atoms with Gasteiger partial charge in [-0.15, -0.1) is 0 Å². The molecule has 0 amide bonds. The molecule has 1 N–H and O–H groups in total. The first-order valence-electron chi connectivity index (χ1n) is 15.0. The van der Waals surface area contributed by atoms with Gasteiger partial charge in [-0.2, -0.15) is 0 Å². The van der Waals surface area contributed by atoms with E-state index in [0.29, 0.717) is 5.56 Å². The number of azide groups is 3. The zero-order valence-corrected chi connectivity index (χ0v) is 25.8. The number of carbonyl (C=O) groups excluding carboxylic acids is 1. The highest BCUT2D eigenvalue weighted by Crippen LogP contribution is 2.39. The van der Waals surface area contributed by atoms with E-state index in [0.717, 1.165) is 12.5 Å². The smallest absolute Gasteiger partial charge is 0.303 e. The van der Waals surface area contributed by atoms with Gasteiger partial charge in [-0.1, -0.05) is 76.0 Å². The van der Waals surface area contributed by atoms with Crippen molar-refractivity contribution >= 4 is 11.9 Å². The molecular formula is C30H34FN9O8. The highest BCUT2D eigenvalue weighted by atomic mass is 19.1. The van der Waals surface area contributed by atoms with Gasteiger partial charge in [-0.05, 0) is 34.1 Å². The summed E-state index contributed by atoms with van der Waals surface area (Å²) in [6, 6.07) is 15.6. The number of benzene rings is 2. The Morgan fingerprint density at radius 3 is 2.00 bits per heavy atom. The maximum absolute atomic E-state index is 16.7. The number of alkyl halides is 1. The van der Waals surface area contributed by atoms with Crippen LogP contribution in [0.15, 0.2) is 76.0 Å². The maximum Gasteiger partial charge on any atom is 0.303 e. The highest BCUT2D eigenvalue weighted by molar-refractivity contribution is 5.68. The molecule has 1 saturated carbocycles. The third-order valence-corrected chi connectivity index (χ3v) is 7.97. The van der Waals surface area contributed by atoms with Crippen LogP contribution in [0.4, 0.5) is 4.39 Å². The SMILES string of the molecule is CC(=O)O[C@H]1[C@@H](CC(=O)O)[C@H](N=[N+]=[N-])C[C@H](N=[N+]=[N-])[C@H]1O[C@H]1O[C@H](CN=[N+]=[N-])[C@@H](OCc2ccccc2)[C@H](F)[C@H]1OCc1ccccc1. The monoisotopic (exact) mass is 667 g/mol. The standard InChI is InChI=1S/C30H34FN9O8/c1-17(41)46-26-20(12-24(42)43)21(36-39-33)13-22(37-40-34)27(26)48-30-29(45-16-19-10-6-3-7-11-19)25(31)28(23(47-30)14-35-38-32)44-15-18-8-4-2-5-9-18/h2-11,20-23,25-30H,12-16H2,1H3,(H,42,43)/t20-,21+,22-,23+,25-,26-,27+,28+,29+,30+/m0/s1. The van der Waals surface area contributed by atoms with Crippen LogP contribution >= 0.6 is 0 Å². The summed E-state index contributed by atoms with van der Waals surface area (Å²) in [5.74, 6) is -3.23. The molecule has 48 heavy (non-hydrogen) atoms. The Balaban J connectivity index is 1.72. The molecule has 1 aliphatic carbocycles. The molecule has 17 nitrogen and oxygen atoms in total. The van der Waals surface area contributed by atoms with Crippen molar-refractivity contribution in [2.45, 2.75) is 88.0 Å². The number of carboxylic acids is 1. The molecule has 2 fully saturated rings. The van der Waals surface area contributed by atoms with Gasteiger partial charge in [0.15, 0.2) is 12.5 Å². The van der Waals surface area contributed by atoms with Crippen LogP contribution in [0.2, 0.25) is 0 Å². The zero-order chi connectivity index (χ0) is 34.5. The van der Waals surface area contributed by atoms with Crippen molar-refractivity contribution in [1.82, 2.24) is 0 Å². The number of carboxylic acid groups (broad SMARTS) is 1. The predicted molar refractivity (Wildman–Crippen MR) is 164 cm³/mol. The number of halogens is 1. The molecule has 254 valence electrons. The van der Waals surface area contributed by atoms with E-state index >= 15 is 4.39 Å². The molecule has 0 spiro atoms. The topological polar surface area (TPSA) is 247 Å². The van der Waals surface area contributed by atoms with Crippen LogP contribution in [0.3, 0.4) is 0 Å². The minimum Gasteiger partial charge on any atom is -0.481 e. The first kappa shape index (κ1) is 35.9. The molecule has 1 aliphatic heterocycles. The minimum absolute atomic E-state index is 0.00718. The van der Waals surface area contributed by atoms with Crippen molar-refractivity contribution < 1.29 is 42.8 Å². The average molecular weight is 668 g/mol. The minimum atomic E-state index is -1.94. The van der Waals surface area contributed by atoms with Gasteiger partial charge in [0.25, 0.3) is 0 Å². The molecule has 10 atom stereocenters. The normalized spacial score (nSPS) is 29.7. The first-order valence-corrected chi connectivity index (χ1v) is 15.0. The van der Waals surface area contributed by atoms with Crippen LogP contribution < -0.4 is 0 Å². The first-order chi connectivity index (χ1) is 23.2. The maximum atomic E-state index is 16.7. The lowest BCUT2D eigenvalue weighted by Crippen LogP contribution is -2.62. The number of aliphatic carboxylic acids is 1. The molecule has 18 heteroatoms. The quantitative estimate of drug-likeness (QED) is 0.106. The van der Waals surface area contributed by atoms with Crippen LogP contribution in [-0.4, -0.2) is 78.7 Å². The van der Waals surface area contributed by atoms with Gasteiger partial charge in [0, 0.05) is 33.6 Å². The molecule has 4 rings (SSSR count). The lowest BCUT2D eigenvalue weighted by Gasteiger charge is -2.47. The third-order valence-electron chi connectivity index (χ3n) is 7.97. The summed E-state index contributed by atoms with van der Waals surface area (Å²) in [6.07, 6.45) is -11.1. The Hall–Kier alpha value is -4.92. The molecule has 1 heterocycles. The number of nitrogens with zero attached hydrogens (tertiary/aromatic N) is 9. The zero-order valence-electron chi connectivity index (χ0n) is 25.8. The van der Waals surface area contributed by atoms with E-state index in [1.54, 1.807) is 54.6 Å². The van der Waals surface area contributed by atoms with Gasteiger partial charge in [0.05, 0.1) is 38.3 Å². The van der Waals surface area contributed by atoms with Gasteiger partial charge >= 0.3 is 11.9 Å². The predicted octanol–water partition coefficient (Wildman–Crippen LogP) is 5.70. The lowest BCUT2D eigenvalue weighted by atomic mass is 9.76.